The van der Waals surface area contributed by atoms with Gasteiger partial charge in [-0.1, -0.05) is 32.8 Å². The van der Waals surface area contributed by atoms with Gasteiger partial charge < -0.3 is 10.8 Å². The molecule has 23 heavy (non-hydrogen) atoms. The van der Waals surface area contributed by atoms with E-state index in [0.29, 0.717) is 11.1 Å². The van der Waals surface area contributed by atoms with Crippen molar-refractivity contribution < 1.29 is 14.7 Å². The van der Waals surface area contributed by atoms with Crippen molar-refractivity contribution in [2.75, 3.05) is 0 Å². The largest absolute Gasteiger partial charge is 0.478 e. The number of carboxylic acids is 1. The second kappa shape index (κ2) is 9.13. The topological polar surface area (TPSA) is 80.4 Å². The molecule has 3 N–H and O–H groups in total. The summed E-state index contributed by atoms with van der Waals surface area (Å²) in [6, 6.07) is 3.43. The lowest BCUT2D eigenvalue weighted by molar-refractivity contribution is -0.114. The monoisotopic (exact) mass is 317 g/mol. The summed E-state index contributed by atoms with van der Waals surface area (Å²) in [7, 11) is 0. The number of amides is 1. The van der Waals surface area contributed by atoms with Crippen molar-refractivity contribution in [3.63, 3.8) is 0 Å². The molecule has 0 saturated heterocycles. The molecule has 0 aliphatic rings. The maximum atomic E-state index is 11.6. The number of carboxylic acid groups (broad SMARTS) is 1. The highest BCUT2D eigenvalue weighted by Crippen LogP contribution is 2.26. The summed E-state index contributed by atoms with van der Waals surface area (Å²) >= 11 is 0. The number of rotatable bonds is 9. The Balaban J connectivity index is 3.47. The zero-order valence-corrected chi connectivity index (χ0v) is 14.3. The first-order chi connectivity index (χ1) is 10.9. The van der Waals surface area contributed by atoms with E-state index >= 15 is 0 Å². The van der Waals surface area contributed by atoms with E-state index in [0.717, 1.165) is 55.2 Å². The standard InChI is InChI=1S/C19H27NO3/c1-4-6-8-15-14(12-13(3)18(20)21)10-11-17(19(22)23)16(15)9-7-5-2/h10-12H,4-9H2,1-3H3,(H2,20,21)(H,22,23). The van der Waals surface area contributed by atoms with Gasteiger partial charge in [-0.15, -0.1) is 0 Å². The summed E-state index contributed by atoms with van der Waals surface area (Å²) in [4.78, 5) is 22.9. The summed E-state index contributed by atoms with van der Waals surface area (Å²) < 4.78 is 0. The van der Waals surface area contributed by atoms with Gasteiger partial charge in [0.05, 0.1) is 5.56 Å². The van der Waals surface area contributed by atoms with Crippen LogP contribution in [0.3, 0.4) is 0 Å². The third kappa shape index (κ3) is 5.23. The second-order valence-electron chi connectivity index (χ2n) is 5.86. The van der Waals surface area contributed by atoms with Crippen molar-refractivity contribution in [2.24, 2.45) is 5.73 Å². The number of carbonyl (C=O) groups excluding carboxylic acids is 1. The molecule has 126 valence electrons. The summed E-state index contributed by atoms with van der Waals surface area (Å²) in [5.74, 6) is -1.35. The number of unbranched alkanes of at least 4 members (excludes halogenated alkanes) is 2. The highest BCUT2D eigenvalue weighted by atomic mass is 16.4. The first kappa shape index (κ1) is 18.9. The number of carbonyl (C=O) groups is 2. The van der Waals surface area contributed by atoms with Crippen LogP contribution in [0.15, 0.2) is 17.7 Å². The molecule has 4 nitrogen and oxygen atoms in total. The number of benzene rings is 1. The molecule has 0 heterocycles. The molecule has 0 aliphatic carbocycles. The minimum atomic E-state index is -0.893. The van der Waals surface area contributed by atoms with Gasteiger partial charge in [-0.2, -0.15) is 0 Å². The van der Waals surface area contributed by atoms with Crippen LogP contribution in [0, 0.1) is 0 Å². The second-order valence-corrected chi connectivity index (χ2v) is 5.86. The molecule has 0 atom stereocenters. The fourth-order valence-corrected chi connectivity index (χ4v) is 2.64. The van der Waals surface area contributed by atoms with E-state index < -0.39 is 11.9 Å². The molecule has 0 radical (unpaired) electrons. The van der Waals surface area contributed by atoms with Gasteiger partial charge in [-0.25, -0.2) is 4.79 Å². The van der Waals surface area contributed by atoms with E-state index in [1.807, 2.05) is 0 Å². The number of nitrogens with two attached hydrogens (primary N) is 1. The molecule has 0 spiro atoms. The predicted octanol–water partition coefficient (Wildman–Crippen LogP) is 3.96. The van der Waals surface area contributed by atoms with E-state index in [2.05, 4.69) is 13.8 Å². The molecule has 1 aromatic rings. The summed E-state index contributed by atoms with van der Waals surface area (Å²) in [6.07, 6.45) is 7.30. The number of hydrogen-bond donors (Lipinski definition) is 2. The highest BCUT2D eigenvalue weighted by Gasteiger charge is 2.16. The number of primary amides is 1. The summed E-state index contributed by atoms with van der Waals surface area (Å²) in [6.45, 7) is 5.88. The van der Waals surface area contributed by atoms with E-state index in [1.54, 1.807) is 25.1 Å². The van der Waals surface area contributed by atoms with Crippen LogP contribution in [0.4, 0.5) is 0 Å². The maximum absolute atomic E-state index is 11.6. The zero-order valence-electron chi connectivity index (χ0n) is 14.3. The van der Waals surface area contributed by atoms with Gasteiger partial charge in [0.15, 0.2) is 0 Å². The van der Waals surface area contributed by atoms with Crippen LogP contribution in [0.25, 0.3) is 6.08 Å². The van der Waals surface area contributed by atoms with Gasteiger partial charge in [0.2, 0.25) is 5.91 Å². The molecule has 0 bridgehead atoms. The van der Waals surface area contributed by atoms with Crippen LogP contribution in [-0.2, 0) is 17.6 Å². The van der Waals surface area contributed by atoms with Crippen LogP contribution in [0.1, 0.15) is 73.5 Å². The minimum absolute atomic E-state index is 0.374. The van der Waals surface area contributed by atoms with E-state index in [4.69, 9.17) is 5.73 Å². The molecule has 0 unspecified atom stereocenters. The van der Waals surface area contributed by atoms with Crippen molar-refractivity contribution >= 4 is 18.0 Å². The predicted molar refractivity (Wildman–Crippen MR) is 93.5 cm³/mol. The Hall–Kier alpha value is -2.10. The lowest BCUT2D eigenvalue weighted by Crippen LogP contribution is -2.12. The van der Waals surface area contributed by atoms with Crippen LogP contribution < -0.4 is 5.73 Å². The Labute approximate surface area is 138 Å². The summed E-state index contributed by atoms with van der Waals surface area (Å²) in [5.41, 5.74) is 9.03. The Bertz CT molecular complexity index is 603. The molecule has 1 amide bonds. The van der Waals surface area contributed by atoms with E-state index in [1.165, 1.54) is 0 Å². The quantitative estimate of drug-likeness (QED) is 0.676. The Morgan fingerprint density at radius 2 is 1.65 bits per heavy atom. The molecule has 0 aliphatic heterocycles. The molecule has 1 rings (SSSR count). The maximum Gasteiger partial charge on any atom is 0.335 e. The van der Waals surface area contributed by atoms with Gasteiger partial charge in [-0.3, -0.25) is 4.79 Å². The lowest BCUT2D eigenvalue weighted by Gasteiger charge is -2.16. The molecule has 0 saturated carbocycles. The smallest absolute Gasteiger partial charge is 0.335 e. The van der Waals surface area contributed by atoms with Gasteiger partial charge in [-0.05, 0) is 61.4 Å². The van der Waals surface area contributed by atoms with Gasteiger partial charge in [0.1, 0.15) is 0 Å². The highest BCUT2D eigenvalue weighted by molar-refractivity contribution is 5.96. The molecule has 0 aromatic heterocycles. The third-order valence-corrected chi connectivity index (χ3v) is 4.02. The average molecular weight is 317 g/mol. The normalized spacial score (nSPS) is 11.5. The fraction of sp³-hybridized carbons (Fsp3) is 0.474. The van der Waals surface area contributed by atoms with Crippen molar-refractivity contribution in [2.45, 2.75) is 59.3 Å². The van der Waals surface area contributed by atoms with Crippen LogP contribution in [-0.4, -0.2) is 17.0 Å². The van der Waals surface area contributed by atoms with Gasteiger partial charge >= 0.3 is 5.97 Å². The first-order valence-corrected chi connectivity index (χ1v) is 8.28. The number of aromatic carboxylic acids is 1. The Morgan fingerprint density at radius 3 is 2.13 bits per heavy atom. The first-order valence-electron chi connectivity index (χ1n) is 8.28. The van der Waals surface area contributed by atoms with Crippen molar-refractivity contribution in [3.05, 3.63) is 40.0 Å². The molecular weight excluding hydrogens is 290 g/mol. The Morgan fingerprint density at radius 1 is 1.09 bits per heavy atom. The average Bonchev–Trinajstić information content (AvgIpc) is 2.51. The Kier molecular flexibility index (Phi) is 7.52. The van der Waals surface area contributed by atoms with Crippen molar-refractivity contribution in [3.8, 4) is 0 Å². The SMILES string of the molecule is CCCCc1c(C=C(C)C(N)=O)ccc(C(=O)O)c1CCCC. The van der Waals surface area contributed by atoms with Gasteiger partial charge in [0, 0.05) is 5.57 Å². The zero-order chi connectivity index (χ0) is 17.4. The van der Waals surface area contributed by atoms with E-state index in [9.17, 15) is 14.7 Å². The lowest BCUT2D eigenvalue weighted by atomic mass is 9.88. The van der Waals surface area contributed by atoms with Gasteiger partial charge in [0.25, 0.3) is 0 Å². The number of hydrogen-bond acceptors (Lipinski definition) is 2. The van der Waals surface area contributed by atoms with Crippen molar-refractivity contribution in [1.82, 2.24) is 0 Å². The van der Waals surface area contributed by atoms with Crippen LogP contribution in [0.5, 0.6) is 0 Å². The molecule has 4 heteroatoms. The molecule has 1 aromatic carbocycles. The van der Waals surface area contributed by atoms with Crippen LogP contribution >= 0.6 is 0 Å². The summed E-state index contributed by atoms with van der Waals surface area (Å²) in [5, 5.41) is 9.49. The van der Waals surface area contributed by atoms with Crippen LogP contribution in [0.2, 0.25) is 0 Å². The third-order valence-electron chi connectivity index (χ3n) is 4.02. The fourth-order valence-electron chi connectivity index (χ4n) is 2.64. The van der Waals surface area contributed by atoms with E-state index in [-0.39, 0.29) is 0 Å². The molecule has 0 fully saturated rings. The van der Waals surface area contributed by atoms with Crippen molar-refractivity contribution in [1.29, 1.82) is 0 Å². The minimum Gasteiger partial charge on any atom is -0.478 e. The molecular formula is C19H27NO3.